The Morgan fingerprint density at radius 2 is 2.09 bits per heavy atom. The number of guanidine groups is 1. The van der Waals surface area contributed by atoms with Crippen molar-refractivity contribution >= 4 is 41.5 Å². The third-order valence-corrected chi connectivity index (χ3v) is 3.23. The summed E-state index contributed by atoms with van der Waals surface area (Å²) in [6.45, 7) is 8.27. The number of hydrogen-bond acceptors (Lipinski definition) is 3. The third-order valence-electron chi connectivity index (χ3n) is 3.01. The predicted octanol–water partition coefficient (Wildman–Crippen LogP) is 2.88. The largest absolute Gasteiger partial charge is 0.377 e. The summed E-state index contributed by atoms with van der Waals surface area (Å²) in [7, 11) is 1.70. The lowest BCUT2D eigenvalue weighted by Gasteiger charge is -2.21. The molecule has 0 unspecified atom stereocenters. The van der Waals surface area contributed by atoms with E-state index in [1.54, 1.807) is 19.4 Å². The molecule has 1 aromatic heterocycles. The highest BCUT2D eigenvalue weighted by Crippen LogP contribution is 2.07. The molecule has 0 bridgehead atoms. The zero-order valence-electron chi connectivity index (χ0n) is 13.6. The first-order valence-electron chi connectivity index (χ1n) is 7.14. The van der Waals surface area contributed by atoms with Gasteiger partial charge >= 0.3 is 0 Å². The molecule has 126 valence electrons. The second kappa shape index (κ2) is 11.0. The highest BCUT2D eigenvalue weighted by Gasteiger charge is 2.15. The Morgan fingerprint density at radius 3 is 2.64 bits per heavy atom. The Morgan fingerprint density at radius 1 is 1.36 bits per heavy atom. The van der Waals surface area contributed by atoms with E-state index in [1.807, 2.05) is 26.8 Å². The van der Waals surface area contributed by atoms with Crippen LogP contribution in [0.15, 0.2) is 23.3 Å². The number of nitrogens with zero attached hydrogens (tertiary/aromatic N) is 2. The zero-order chi connectivity index (χ0) is 15.7. The summed E-state index contributed by atoms with van der Waals surface area (Å²) >= 11 is 5.77. The van der Waals surface area contributed by atoms with Crippen LogP contribution >= 0.6 is 35.6 Å². The highest BCUT2D eigenvalue weighted by atomic mass is 127. The van der Waals surface area contributed by atoms with Gasteiger partial charge in [0.05, 0.1) is 12.1 Å². The molecule has 0 aromatic carbocycles. The summed E-state index contributed by atoms with van der Waals surface area (Å²) in [5, 5.41) is 7.04. The van der Waals surface area contributed by atoms with Crippen LogP contribution in [0.25, 0.3) is 0 Å². The molecule has 0 saturated heterocycles. The first-order chi connectivity index (χ1) is 9.96. The van der Waals surface area contributed by atoms with Gasteiger partial charge in [0.1, 0.15) is 5.15 Å². The summed E-state index contributed by atoms with van der Waals surface area (Å²) in [4.78, 5) is 8.60. The van der Waals surface area contributed by atoms with Gasteiger partial charge < -0.3 is 15.4 Å². The van der Waals surface area contributed by atoms with Crippen molar-refractivity contribution in [2.45, 2.75) is 32.8 Å². The van der Waals surface area contributed by atoms with Gasteiger partial charge in [-0.3, -0.25) is 4.99 Å². The van der Waals surface area contributed by atoms with Crippen LogP contribution in [-0.4, -0.2) is 43.3 Å². The molecule has 0 atom stereocenters. The lowest BCUT2D eigenvalue weighted by molar-refractivity contribution is 0.0310. The summed E-state index contributed by atoms with van der Waals surface area (Å²) in [5.74, 6) is 0.796. The highest BCUT2D eigenvalue weighted by molar-refractivity contribution is 14.0. The van der Waals surface area contributed by atoms with Crippen molar-refractivity contribution in [1.29, 1.82) is 0 Å². The van der Waals surface area contributed by atoms with E-state index in [0.717, 1.165) is 31.0 Å². The molecule has 7 heteroatoms. The molecule has 0 aliphatic carbocycles. The lowest BCUT2D eigenvalue weighted by Crippen LogP contribution is -2.40. The number of hydrogen-bond donors (Lipinski definition) is 2. The van der Waals surface area contributed by atoms with E-state index in [9.17, 15) is 0 Å². The van der Waals surface area contributed by atoms with Crippen LogP contribution in [0, 0.1) is 0 Å². The second-order valence-electron chi connectivity index (χ2n) is 5.32. The van der Waals surface area contributed by atoms with Gasteiger partial charge in [-0.1, -0.05) is 17.7 Å². The Balaban J connectivity index is 0.00000441. The van der Waals surface area contributed by atoms with Gasteiger partial charge in [-0.05, 0) is 38.8 Å². The van der Waals surface area contributed by atoms with Crippen molar-refractivity contribution in [3.8, 4) is 0 Å². The molecule has 2 N–H and O–H groups in total. The second-order valence-corrected chi connectivity index (χ2v) is 5.71. The number of nitrogens with one attached hydrogen (secondary N) is 2. The number of pyridine rings is 1. The van der Waals surface area contributed by atoms with E-state index in [-0.39, 0.29) is 29.6 Å². The molecular formula is C15H26ClIN4O. The number of ether oxygens (including phenoxy) is 1. The maximum absolute atomic E-state index is 5.77. The normalized spacial score (nSPS) is 11.8. The summed E-state index contributed by atoms with van der Waals surface area (Å²) in [6.07, 6.45) is 2.66. The van der Waals surface area contributed by atoms with Gasteiger partial charge in [-0.2, -0.15) is 0 Å². The fourth-order valence-electron chi connectivity index (χ4n) is 1.56. The first-order valence-corrected chi connectivity index (χ1v) is 7.52. The van der Waals surface area contributed by atoms with E-state index in [1.165, 1.54) is 0 Å². The first kappa shape index (κ1) is 21.4. The fraction of sp³-hybridized carbons (Fsp3) is 0.600. The summed E-state index contributed by atoms with van der Waals surface area (Å²) < 4.78 is 5.37. The van der Waals surface area contributed by atoms with E-state index in [2.05, 4.69) is 20.6 Å². The molecule has 0 aliphatic heterocycles. The summed E-state index contributed by atoms with van der Waals surface area (Å²) in [5.41, 5.74) is 0.877. The smallest absolute Gasteiger partial charge is 0.191 e. The molecule has 1 aromatic rings. The van der Waals surface area contributed by atoms with E-state index < -0.39 is 0 Å². The van der Waals surface area contributed by atoms with Crippen LogP contribution < -0.4 is 10.6 Å². The zero-order valence-corrected chi connectivity index (χ0v) is 16.7. The number of rotatable bonds is 7. The molecule has 5 nitrogen and oxygen atoms in total. The van der Waals surface area contributed by atoms with Gasteiger partial charge in [0.25, 0.3) is 0 Å². The fourth-order valence-corrected chi connectivity index (χ4v) is 1.67. The van der Waals surface area contributed by atoms with Crippen molar-refractivity contribution in [3.63, 3.8) is 0 Å². The molecule has 22 heavy (non-hydrogen) atoms. The number of methoxy groups -OCH3 is 1. The van der Waals surface area contributed by atoms with Crippen LogP contribution in [0.3, 0.4) is 0 Å². The van der Waals surface area contributed by atoms with E-state index in [4.69, 9.17) is 16.3 Å². The Bertz CT molecular complexity index is 451. The minimum atomic E-state index is -0.261. The maximum atomic E-state index is 5.77. The third kappa shape index (κ3) is 8.75. The van der Waals surface area contributed by atoms with Gasteiger partial charge in [-0.25, -0.2) is 4.98 Å². The number of halogens is 2. The van der Waals surface area contributed by atoms with Gasteiger partial charge in [0.15, 0.2) is 5.96 Å². The van der Waals surface area contributed by atoms with E-state index in [0.29, 0.717) is 11.7 Å². The SMILES string of the molecule is CCNC(=NCC(C)(C)OC)NCCc1ccc(Cl)nc1.I. The Kier molecular flexibility index (Phi) is 10.7. The van der Waals surface area contributed by atoms with Crippen LogP contribution in [0.5, 0.6) is 0 Å². The van der Waals surface area contributed by atoms with Crippen LogP contribution in [0.4, 0.5) is 0 Å². The van der Waals surface area contributed by atoms with Crippen LogP contribution in [0.1, 0.15) is 26.3 Å². The van der Waals surface area contributed by atoms with Crippen molar-refractivity contribution in [2.24, 2.45) is 4.99 Å². The van der Waals surface area contributed by atoms with Gasteiger partial charge in [0.2, 0.25) is 0 Å². The monoisotopic (exact) mass is 440 g/mol. The topological polar surface area (TPSA) is 58.5 Å². The van der Waals surface area contributed by atoms with Crippen molar-refractivity contribution in [3.05, 3.63) is 29.0 Å². The predicted molar refractivity (Wildman–Crippen MR) is 103 cm³/mol. The molecule has 0 saturated carbocycles. The molecule has 0 radical (unpaired) electrons. The van der Waals surface area contributed by atoms with Crippen LogP contribution in [0.2, 0.25) is 5.15 Å². The minimum Gasteiger partial charge on any atom is -0.377 e. The number of aliphatic imine (C=N–C) groups is 1. The van der Waals surface area contributed by atoms with E-state index >= 15 is 0 Å². The maximum Gasteiger partial charge on any atom is 0.191 e. The lowest BCUT2D eigenvalue weighted by atomic mass is 10.1. The molecule has 0 amide bonds. The Labute approximate surface area is 155 Å². The quantitative estimate of drug-likeness (QED) is 0.296. The average Bonchev–Trinajstić information content (AvgIpc) is 2.47. The van der Waals surface area contributed by atoms with Crippen molar-refractivity contribution in [1.82, 2.24) is 15.6 Å². The van der Waals surface area contributed by atoms with Crippen LogP contribution in [-0.2, 0) is 11.2 Å². The molecule has 0 spiro atoms. The average molecular weight is 441 g/mol. The van der Waals surface area contributed by atoms with Crippen molar-refractivity contribution in [2.75, 3.05) is 26.7 Å². The van der Waals surface area contributed by atoms with Gasteiger partial charge in [-0.15, -0.1) is 24.0 Å². The Hall–Kier alpha value is -0.600. The molecule has 0 fully saturated rings. The van der Waals surface area contributed by atoms with Crippen molar-refractivity contribution < 1.29 is 4.74 Å². The minimum absolute atomic E-state index is 0. The number of aromatic nitrogens is 1. The molecule has 0 aliphatic rings. The molecular weight excluding hydrogens is 415 g/mol. The van der Waals surface area contributed by atoms with Gasteiger partial charge in [0, 0.05) is 26.4 Å². The standard InChI is InChI=1S/C15H25ClN4O.HI/c1-5-17-14(20-11-15(2,3)21-4)18-9-8-12-6-7-13(16)19-10-12;/h6-7,10H,5,8-9,11H2,1-4H3,(H2,17,18,20);1H. The summed E-state index contributed by atoms with van der Waals surface area (Å²) in [6, 6.07) is 3.78. The molecule has 1 heterocycles. The molecule has 1 rings (SSSR count).